The first-order valence-corrected chi connectivity index (χ1v) is 7.48. The van der Waals surface area contributed by atoms with E-state index in [1.807, 2.05) is 42.5 Å². The molecule has 118 valence electrons. The summed E-state index contributed by atoms with van der Waals surface area (Å²) in [5.41, 5.74) is 3.32. The Labute approximate surface area is 139 Å². The van der Waals surface area contributed by atoms with Crippen molar-refractivity contribution in [2.45, 2.75) is 13.3 Å². The minimum atomic E-state index is -0.277. The molecular weight excluding hydrogens is 302 g/mol. The highest BCUT2D eigenvalue weighted by Gasteiger charge is 2.21. The van der Waals surface area contributed by atoms with Gasteiger partial charge in [-0.25, -0.2) is 0 Å². The first-order chi connectivity index (χ1) is 11.7. The van der Waals surface area contributed by atoms with Crippen LogP contribution >= 0.6 is 0 Å². The molecule has 1 heterocycles. The van der Waals surface area contributed by atoms with E-state index in [2.05, 4.69) is 16.5 Å². The molecule has 5 heteroatoms. The van der Waals surface area contributed by atoms with Crippen LogP contribution in [0.15, 0.2) is 59.1 Å². The molecule has 1 N–H and O–H groups in total. The van der Waals surface area contributed by atoms with E-state index in [-0.39, 0.29) is 5.91 Å². The molecule has 0 aliphatic heterocycles. The van der Waals surface area contributed by atoms with Crippen molar-refractivity contribution in [3.05, 3.63) is 71.5 Å². The molecule has 2 aromatic carbocycles. The van der Waals surface area contributed by atoms with Crippen LogP contribution in [0.25, 0.3) is 11.3 Å². The summed E-state index contributed by atoms with van der Waals surface area (Å²) in [6.07, 6.45) is 0.344. The minimum Gasteiger partial charge on any atom is -0.360 e. The number of aryl methyl sites for hydroxylation is 1. The van der Waals surface area contributed by atoms with Crippen molar-refractivity contribution in [1.82, 2.24) is 5.16 Å². The first kappa shape index (κ1) is 15.5. The lowest BCUT2D eigenvalue weighted by Crippen LogP contribution is -2.13. The van der Waals surface area contributed by atoms with Crippen LogP contribution in [0, 0.1) is 18.3 Å². The molecule has 0 saturated carbocycles. The van der Waals surface area contributed by atoms with Gasteiger partial charge in [0.05, 0.1) is 12.5 Å². The number of aromatic nitrogens is 1. The first-order valence-electron chi connectivity index (χ1n) is 7.48. The van der Waals surface area contributed by atoms with Crippen molar-refractivity contribution in [1.29, 1.82) is 5.26 Å². The zero-order valence-corrected chi connectivity index (χ0v) is 13.1. The maximum absolute atomic E-state index is 12.6. The average Bonchev–Trinajstić information content (AvgIpc) is 2.99. The topological polar surface area (TPSA) is 78.9 Å². The Morgan fingerprint density at radius 2 is 1.88 bits per heavy atom. The monoisotopic (exact) mass is 317 g/mol. The SMILES string of the molecule is Cc1onc(-c2ccccc2)c1C(=O)Nc1ccc(CC#N)cc1. The van der Waals surface area contributed by atoms with Crippen LogP contribution in [0.1, 0.15) is 21.7 Å². The van der Waals surface area contributed by atoms with Crippen LogP contribution in [0.5, 0.6) is 0 Å². The molecule has 1 aromatic heterocycles. The highest BCUT2D eigenvalue weighted by molar-refractivity contribution is 6.08. The Bertz CT molecular complexity index is 891. The summed E-state index contributed by atoms with van der Waals surface area (Å²) < 4.78 is 5.21. The molecule has 3 aromatic rings. The Balaban J connectivity index is 1.86. The molecule has 3 rings (SSSR count). The van der Waals surface area contributed by atoms with E-state index in [0.717, 1.165) is 11.1 Å². The number of anilines is 1. The maximum atomic E-state index is 12.6. The Morgan fingerprint density at radius 1 is 1.17 bits per heavy atom. The molecule has 0 radical (unpaired) electrons. The molecule has 0 spiro atoms. The largest absolute Gasteiger partial charge is 0.360 e. The molecule has 0 unspecified atom stereocenters. The molecule has 0 aliphatic carbocycles. The lowest BCUT2D eigenvalue weighted by molar-refractivity contribution is 0.102. The summed E-state index contributed by atoms with van der Waals surface area (Å²) in [5.74, 6) is 0.188. The van der Waals surface area contributed by atoms with Crippen LogP contribution < -0.4 is 5.32 Å². The number of amides is 1. The second kappa shape index (κ2) is 6.80. The Morgan fingerprint density at radius 3 is 2.54 bits per heavy atom. The molecule has 0 saturated heterocycles. The van der Waals surface area contributed by atoms with Crippen LogP contribution in [-0.2, 0) is 6.42 Å². The van der Waals surface area contributed by atoms with E-state index < -0.39 is 0 Å². The van der Waals surface area contributed by atoms with E-state index >= 15 is 0 Å². The maximum Gasteiger partial charge on any atom is 0.261 e. The normalized spacial score (nSPS) is 10.2. The number of nitrogens with zero attached hydrogens (tertiary/aromatic N) is 2. The minimum absolute atomic E-state index is 0.277. The Hall–Kier alpha value is -3.39. The molecule has 0 bridgehead atoms. The van der Waals surface area contributed by atoms with Gasteiger partial charge in [0.1, 0.15) is 17.0 Å². The van der Waals surface area contributed by atoms with Crippen molar-refractivity contribution in [2.75, 3.05) is 5.32 Å². The summed E-state index contributed by atoms with van der Waals surface area (Å²) in [6.45, 7) is 1.71. The fourth-order valence-electron chi connectivity index (χ4n) is 2.42. The average molecular weight is 317 g/mol. The summed E-state index contributed by atoms with van der Waals surface area (Å²) >= 11 is 0. The third-order valence-electron chi connectivity index (χ3n) is 3.63. The van der Waals surface area contributed by atoms with Crippen LogP contribution in [0.2, 0.25) is 0 Å². The second-order valence-corrected chi connectivity index (χ2v) is 5.31. The van der Waals surface area contributed by atoms with Crippen molar-refractivity contribution in [3.63, 3.8) is 0 Å². The van der Waals surface area contributed by atoms with Gasteiger partial charge in [0.15, 0.2) is 0 Å². The number of carbonyl (C=O) groups is 1. The van der Waals surface area contributed by atoms with Gasteiger partial charge < -0.3 is 9.84 Å². The molecule has 5 nitrogen and oxygen atoms in total. The summed E-state index contributed by atoms with van der Waals surface area (Å²) in [6, 6.07) is 18.7. The molecule has 0 fully saturated rings. The molecular formula is C19H15N3O2. The predicted octanol–water partition coefficient (Wildman–Crippen LogP) is 3.97. The molecule has 0 atom stereocenters. The van der Waals surface area contributed by atoms with E-state index in [1.165, 1.54) is 0 Å². The zero-order valence-electron chi connectivity index (χ0n) is 13.1. The van der Waals surface area contributed by atoms with E-state index in [9.17, 15) is 4.79 Å². The fourth-order valence-corrected chi connectivity index (χ4v) is 2.42. The summed E-state index contributed by atoms with van der Waals surface area (Å²) in [4.78, 5) is 12.6. The number of benzene rings is 2. The Kier molecular flexibility index (Phi) is 4.39. The van der Waals surface area contributed by atoms with Gasteiger partial charge in [0.25, 0.3) is 5.91 Å². The third kappa shape index (κ3) is 3.18. The van der Waals surface area contributed by atoms with Gasteiger partial charge in [-0.3, -0.25) is 4.79 Å². The number of carbonyl (C=O) groups excluding carboxylic acids is 1. The number of hydrogen-bond donors (Lipinski definition) is 1. The fraction of sp³-hybridized carbons (Fsp3) is 0.105. The van der Waals surface area contributed by atoms with E-state index in [1.54, 1.807) is 19.1 Å². The highest BCUT2D eigenvalue weighted by atomic mass is 16.5. The van der Waals surface area contributed by atoms with Crippen molar-refractivity contribution < 1.29 is 9.32 Å². The highest BCUT2D eigenvalue weighted by Crippen LogP contribution is 2.26. The zero-order chi connectivity index (χ0) is 16.9. The van der Waals surface area contributed by atoms with Crippen LogP contribution in [0.3, 0.4) is 0 Å². The van der Waals surface area contributed by atoms with Gasteiger partial charge in [-0.05, 0) is 24.6 Å². The van der Waals surface area contributed by atoms with Gasteiger partial charge in [-0.15, -0.1) is 0 Å². The summed E-state index contributed by atoms with van der Waals surface area (Å²) in [5, 5.41) is 15.5. The van der Waals surface area contributed by atoms with Gasteiger partial charge in [-0.1, -0.05) is 47.6 Å². The van der Waals surface area contributed by atoms with E-state index in [4.69, 9.17) is 9.78 Å². The lowest BCUT2D eigenvalue weighted by atomic mass is 10.1. The van der Waals surface area contributed by atoms with Gasteiger partial charge >= 0.3 is 0 Å². The number of rotatable bonds is 4. The van der Waals surface area contributed by atoms with Gasteiger partial charge in [-0.2, -0.15) is 5.26 Å². The molecule has 1 amide bonds. The number of nitrogens with one attached hydrogen (secondary N) is 1. The number of hydrogen-bond acceptors (Lipinski definition) is 4. The molecule has 0 aliphatic rings. The van der Waals surface area contributed by atoms with Crippen LogP contribution in [0.4, 0.5) is 5.69 Å². The number of nitriles is 1. The molecule has 24 heavy (non-hydrogen) atoms. The standard InChI is InChI=1S/C19H15N3O2/c1-13-17(18(22-24-13)15-5-3-2-4-6-15)19(23)21-16-9-7-14(8-10-16)11-12-20/h2-10H,11H2,1H3,(H,21,23). The smallest absolute Gasteiger partial charge is 0.261 e. The van der Waals surface area contributed by atoms with Crippen LogP contribution in [-0.4, -0.2) is 11.1 Å². The van der Waals surface area contributed by atoms with Gasteiger partial charge in [0.2, 0.25) is 0 Å². The van der Waals surface area contributed by atoms with Gasteiger partial charge in [0, 0.05) is 11.3 Å². The second-order valence-electron chi connectivity index (χ2n) is 5.31. The van der Waals surface area contributed by atoms with E-state index in [0.29, 0.717) is 29.1 Å². The van der Waals surface area contributed by atoms with Crippen molar-refractivity contribution in [3.8, 4) is 17.3 Å². The predicted molar refractivity (Wildman–Crippen MR) is 90.4 cm³/mol. The lowest BCUT2D eigenvalue weighted by Gasteiger charge is -2.06. The summed E-state index contributed by atoms with van der Waals surface area (Å²) in [7, 11) is 0. The van der Waals surface area contributed by atoms with Crippen molar-refractivity contribution in [2.24, 2.45) is 0 Å². The quantitative estimate of drug-likeness (QED) is 0.789. The third-order valence-corrected chi connectivity index (χ3v) is 3.63. The van der Waals surface area contributed by atoms with Crippen molar-refractivity contribution >= 4 is 11.6 Å².